The van der Waals surface area contributed by atoms with Crippen LogP contribution in [0, 0.1) is 5.82 Å². The summed E-state index contributed by atoms with van der Waals surface area (Å²) < 4.78 is 13.3. The summed E-state index contributed by atoms with van der Waals surface area (Å²) in [6.45, 7) is 4.03. The fraction of sp³-hybridized carbons (Fsp3) is 0.385. The maximum Gasteiger partial charge on any atom is 0.128 e. The average Bonchev–Trinajstić information content (AvgIpc) is 2.26. The maximum atomic E-state index is 13.3. The van der Waals surface area contributed by atoms with Gasteiger partial charge in [0.1, 0.15) is 5.82 Å². The standard InChI is InChI=1S/C13H17ClFN/c1-2-16-9-5-3-4-6-11-7-8-12(14)10-13(11)15/h3-4,7-8,10,16H,2,5-6,9H2,1H3/b4-3+. The van der Waals surface area contributed by atoms with Gasteiger partial charge in [-0.1, -0.05) is 36.7 Å². The molecular weight excluding hydrogens is 225 g/mol. The number of allylic oxidation sites excluding steroid dienone is 1. The Balaban J connectivity index is 2.36. The van der Waals surface area contributed by atoms with Crippen LogP contribution in [0.4, 0.5) is 4.39 Å². The van der Waals surface area contributed by atoms with Crippen LogP contribution in [0.25, 0.3) is 0 Å². The third-order valence-electron chi connectivity index (χ3n) is 2.26. The van der Waals surface area contributed by atoms with E-state index in [2.05, 4.69) is 18.3 Å². The molecule has 1 aromatic rings. The molecule has 16 heavy (non-hydrogen) atoms. The highest BCUT2D eigenvalue weighted by molar-refractivity contribution is 6.30. The van der Waals surface area contributed by atoms with Crippen LogP contribution in [-0.2, 0) is 6.42 Å². The first kappa shape index (κ1) is 13.2. The second-order valence-corrected chi connectivity index (χ2v) is 3.99. The first-order valence-electron chi connectivity index (χ1n) is 5.53. The van der Waals surface area contributed by atoms with Gasteiger partial charge >= 0.3 is 0 Å². The minimum absolute atomic E-state index is 0.233. The molecule has 3 heteroatoms. The van der Waals surface area contributed by atoms with Gasteiger partial charge in [-0.2, -0.15) is 0 Å². The monoisotopic (exact) mass is 241 g/mol. The predicted molar refractivity (Wildman–Crippen MR) is 67.4 cm³/mol. The summed E-state index contributed by atoms with van der Waals surface area (Å²) in [5, 5.41) is 3.67. The van der Waals surface area contributed by atoms with Gasteiger partial charge in [0.25, 0.3) is 0 Å². The molecular formula is C13H17ClFN. The van der Waals surface area contributed by atoms with Crippen LogP contribution in [0.2, 0.25) is 5.02 Å². The SMILES string of the molecule is CCNCC/C=C/Cc1ccc(Cl)cc1F. The molecule has 0 aliphatic heterocycles. The van der Waals surface area contributed by atoms with E-state index in [1.807, 2.05) is 6.08 Å². The molecule has 0 bridgehead atoms. The summed E-state index contributed by atoms with van der Waals surface area (Å²) in [4.78, 5) is 0. The molecule has 0 spiro atoms. The lowest BCUT2D eigenvalue weighted by Gasteiger charge is -2.00. The number of benzene rings is 1. The first-order chi connectivity index (χ1) is 7.74. The molecule has 0 saturated carbocycles. The van der Waals surface area contributed by atoms with Crippen LogP contribution in [-0.4, -0.2) is 13.1 Å². The van der Waals surface area contributed by atoms with Crippen molar-refractivity contribution in [2.75, 3.05) is 13.1 Å². The third kappa shape index (κ3) is 4.77. The van der Waals surface area contributed by atoms with E-state index in [4.69, 9.17) is 11.6 Å². The number of nitrogens with one attached hydrogen (secondary N) is 1. The van der Waals surface area contributed by atoms with Crippen LogP contribution >= 0.6 is 11.6 Å². The van der Waals surface area contributed by atoms with Crippen molar-refractivity contribution in [3.8, 4) is 0 Å². The lowest BCUT2D eigenvalue weighted by atomic mass is 10.1. The highest BCUT2D eigenvalue weighted by Gasteiger charge is 1.99. The van der Waals surface area contributed by atoms with Crippen LogP contribution in [0.15, 0.2) is 30.4 Å². The van der Waals surface area contributed by atoms with Gasteiger partial charge in [-0.05, 0) is 43.6 Å². The van der Waals surface area contributed by atoms with Crippen molar-refractivity contribution in [1.29, 1.82) is 0 Å². The van der Waals surface area contributed by atoms with E-state index in [9.17, 15) is 4.39 Å². The van der Waals surface area contributed by atoms with E-state index in [1.165, 1.54) is 6.07 Å². The topological polar surface area (TPSA) is 12.0 Å². The molecule has 0 aromatic heterocycles. The molecule has 88 valence electrons. The number of halogens is 2. The average molecular weight is 242 g/mol. The van der Waals surface area contributed by atoms with Crippen molar-refractivity contribution < 1.29 is 4.39 Å². The van der Waals surface area contributed by atoms with E-state index >= 15 is 0 Å². The largest absolute Gasteiger partial charge is 0.317 e. The van der Waals surface area contributed by atoms with E-state index in [-0.39, 0.29) is 5.82 Å². The maximum absolute atomic E-state index is 13.3. The molecule has 1 N–H and O–H groups in total. The fourth-order valence-electron chi connectivity index (χ4n) is 1.38. The zero-order valence-electron chi connectivity index (χ0n) is 9.47. The summed E-state index contributed by atoms with van der Waals surface area (Å²) in [5.41, 5.74) is 0.684. The Morgan fingerprint density at radius 3 is 2.88 bits per heavy atom. The Hall–Kier alpha value is -0.860. The Labute approximate surface area is 101 Å². The lowest BCUT2D eigenvalue weighted by molar-refractivity contribution is 0.615. The van der Waals surface area contributed by atoms with Gasteiger partial charge in [-0.3, -0.25) is 0 Å². The van der Waals surface area contributed by atoms with Gasteiger partial charge in [0.2, 0.25) is 0 Å². The van der Waals surface area contributed by atoms with E-state index < -0.39 is 0 Å². The Bertz CT molecular complexity index is 350. The normalized spacial score (nSPS) is 11.2. The second kappa shape index (κ2) is 7.42. The Morgan fingerprint density at radius 2 is 2.19 bits per heavy atom. The molecule has 0 amide bonds. The van der Waals surface area contributed by atoms with Crippen LogP contribution in [0.3, 0.4) is 0 Å². The van der Waals surface area contributed by atoms with Crippen LogP contribution in [0.5, 0.6) is 0 Å². The molecule has 0 aliphatic rings. The molecule has 1 aromatic carbocycles. The first-order valence-corrected chi connectivity index (χ1v) is 5.91. The molecule has 1 rings (SSSR count). The van der Waals surface area contributed by atoms with E-state index in [0.717, 1.165) is 19.5 Å². The van der Waals surface area contributed by atoms with Crippen LogP contribution < -0.4 is 5.32 Å². The summed E-state index contributed by atoms with van der Waals surface area (Å²) in [6.07, 6.45) is 5.65. The molecule has 1 nitrogen and oxygen atoms in total. The van der Waals surface area contributed by atoms with Crippen molar-refractivity contribution in [3.05, 3.63) is 46.8 Å². The van der Waals surface area contributed by atoms with Gasteiger partial charge in [-0.25, -0.2) is 4.39 Å². The molecule has 0 radical (unpaired) electrons. The molecule has 0 atom stereocenters. The van der Waals surface area contributed by atoms with Gasteiger partial charge in [-0.15, -0.1) is 0 Å². The van der Waals surface area contributed by atoms with Crippen molar-refractivity contribution in [2.24, 2.45) is 0 Å². The van der Waals surface area contributed by atoms with E-state index in [0.29, 0.717) is 17.0 Å². The summed E-state index contributed by atoms with van der Waals surface area (Å²) in [5.74, 6) is -0.233. The molecule has 0 aliphatic carbocycles. The van der Waals surface area contributed by atoms with Crippen LogP contribution in [0.1, 0.15) is 18.9 Å². The smallest absolute Gasteiger partial charge is 0.128 e. The molecule has 0 unspecified atom stereocenters. The number of hydrogen-bond donors (Lipinski definition) is 1. The minimum Gasteiger partial charge on any atom is -0.317 e. The van der Waals surface area contributed by atoms with Gasteiger partial charge < -0.3 is 5.32 Å². The van der Waals surface area contributed by atoms with Crippen molar-refractivity contribution in [3.63, 3.8) is 0 Å². The third-order valence-corrected chi connectivity index (χ3v) is 2.49. The van der Waals surface area contributed by atoms with Gasteiger partial charge in [0.05, 0.1) is 0 Å². The molecule has 0 heterocycles. The lowest BCUT2D eigenvalue weighted by Crippen LogP contribution is -2.12. The summed E-state index contributed by atoms with van der Waals surface area (Å²) >= 11 is 5.67. The predicted octanol–water partition coefficient (Wildman–Crippen LogP) is 3.58. The fourth-order valence-corrected chi connectivity index (χ4v) is 1.54. The highest BCUT2D eigenvalue weighted by Crippen LogP contribution is 2.15. The summed E-state index contributed by atoms with van der Waals surface area (Å²) in [7, 11) is 0. The molecule has 0 fully saturated rings. The van der Waals surface area contributed by atoms with Crippen molar-refractivity contribution in [2.45, 2.75) is 19.8 Å². The second-order valence-electron chi connectivity index (χ2n) is 3.55. The van der Waals surface area contributed by atoms with Gasteiger partial charge in [0.15, 0.2) is 0 Å². The summed E-state index contributed by atoms with van der Waals surface area (Å²) in [6, 6.07) is 4.79. The minimum atomic E-state index is -0.233. The van der Waals surface area contributed by atoms with Gasteiger partial charge in [0, 0.05) is 5.02 Å². The number of rotatable bonds is 6. The quantitative estimate of drug-likeness (QED) is 0.593. The zero-order valence-corrected chi connectivity index (χ0v) is 10.2. The molecule has 0 saturated heterocycles. The zero-order chi connectivity index (χ0) is 11.8. The Morgan fingerprint density at radius 1 is 1.38 bits per heavy atom. The van der Waals surface area contributed by atoms with Crippen molar-refractivity contribution >= 4 is 11.6 Å². The highest BCUT2D eigenvalue weighted by atomic mass is 35.5. The van der Waals surface area contributed by atoms with E-state index in [1.54, 1.807) is 12.1 Å². The Kier molecular flexibility index (Phi) is 6.12. The van der Waals surface area contributed by atoms with Crippen molar-refractivity contribution in [1.82, 2.24) is 5.32 Å². The number of hydrogen-bond acceptors (Lipinski definition) is 1.